The van der Waals surface area contributed by atoms with Gasteiger partial charge in [0.15, 0.2) is 4.80 Å². The average molecular weight is 444 g/mol. The van der Waals surface area contributed by atoms with E-state index in [4.69, 9.17) is 0 Å². The van der Waals surface area contributed by atoms with Crippen molar-refractivity contribution in [2.75, 3.05) is 6.54 Å². The lowest BCUT2D eigenvalue weighted by Gasteiger charge is -2.32. The molecule has 158 valence electrons. The first-order valence-electron chi connectivity index (χ1n) is 10.0. The van der Waals surface area contributed by atoms with E-state index in [2.05, 4.69) is 11.1 Å². The van der Waals surface area contributed by atoms with Crippen molar-refractivity contribution in [1.29, 1.82) is 0 Å². The molecule has 0 unspecified atom stereocenters. The minimum Gasteiger partial charge on any atom is -0.319 e. The molecule has 1 amide bonds. The molecule has 1 aliphatic heterocycles. The molecular formula is C22H25N3O3S2. The Kier molecular flexibility index (Phi) is 5.65. The fourth-order valence-electron chi connectivity index (χ4n) is 3.83. The number of carbonyl (C=O) groups is 1. The number of amides is 1. The summed E-state index contributed by atoms with van der Waals surface area (Å²) in [5.41, 5.74) is 2.55. The smallest absolute Gasteiger partial charge is 0.279 e. The van der Waals surface area contributed by atoms with Crippen molar-refractivity contribution in [1.82, 2.24) is 8.87 Å². The first kappa shape index (κ1) is 21.0. The molecule has 1 aromatic heterocycles. The van der Waals surface area contributed by atoms with Gasteiger partial charge in [0.2, 0.25) is 10.0 Å². The quantitative estimate of drug-likeness (QED) is 0.617. The Balaban J connectivity index is 1.62. The molecule has 0 bridgehead atoms. The van der Waals surface area contributed by atoms with E-state index in [0.29, 0.717) is 16.9 Å². The monoisotopic (exact) mass is 443 g/mol. The number of aromatic nitrogens is 1. The normalized spacial score (nSPS) is 18.8. The van der Waals surface area contributed by atoms with Crippen molar-refractivity contribution in [2.24, 2.45) is 12.0 Å². The largest absolute Gasteiger partial charge is 0.319 e. The molecule has 0 saturated carbocycles. The zero-order chi connectivity index (χ0) is 21.5. The van der Waals surface area contributed by atoms with Gasteiger partial charge in [-0.3, -0.25) is 4.79 Å². The molecule has 1 aliphatic rings. The Labute approximate surface area is 180 Å². The zero-order valence-electron chi connectivity index (χ0n) is 17.3. The van der Waals surface area contributed by atoms with Crippen LogP contribution in [0.4, 0.5) is 0 Å². The second-order valence-electron chi connectivity index (χ2n) is 7.82. The lowest BCUT2D eigenvalue weighted by atomic mass is 10.1. The predicted octanol–water partition coefficient (Wildman–Crippen LogP) is 3.85. The van der Waals surface area contributed by atoms with Crippen LogP contribution in [0.5, 0.6) is 0 Å². The number of sulfonamides is 1. The highest BCUT2D eigenvalue weighted by molar-refractivity contribution is 7.89. The summed E-state index contributed by atoms with van der Waals surface area (Å²) in [7, 11) is -1.67. The molecule has 0 spiro atoms. The minimum absolute atomic E-state index is 0.00310. The molecule has 1 atom stereocenters. The van der Waals surface area contributed by atoms with Gasteiger partial charge in [-0.15, -0.1) is 0 Å². The number of rotatable bonds is 3. The molecule has 0 radical (unpaired) electrons. The van der Waals surface area contributed by atoms with E-state index in [-0.39, 0.29) is 16.8 Å². The van der Waals surface area contributed by atoms with Crippen LogP contribution in [0.3, 0.4) is 0 Å². The third-order valence-electron chi connectivity index (χ3n) is 5.61. The molecule has 8 heteroatoms. The van der Waals surface area contributed by atoms with Crippen LogP contribution in [-0.4, -0.2) is 35.8 Å². The number of hydrogen-bond acceptors (Lipinski definition) is 4. The van der Waals surface area contributed by atoms with Crippen LogP contribution in [0.15, 0.2) is 52.4 Å². The van der Waals surface area contributed by atoms with Gasteiger partial charge in [0.05, 0.1) is 15.1 Å². The maximum Gasteiger partial charge on any atom is 0.279 e. The van der Waals surface area contributed by atoms with E-state index in [9.17, 15) is 13.2 Å². The highest BCUT2D eigenvalue weighted by Gasteiger charge is 2.30. The van der Waals surface area contributed by atoms with Crippen molar-refractivity contribution >= 4 is 37.5 Å². The molecule has 0 aliphatic carbocycles. The Morgan fingerprint density at radius 1 is 1.13 bits per heavy atom. The maximum atomic E-state index is 13.0. The van der Waals surface area contributed by atoms with Gasteiger partial charge in [0.1, 0.15) is 0 Å². The molecule has 30 heavy (non-hydrogen) atoms. The first-order valence-corrected chi connectivity index (χ1v) is 12.3. The van der Waals surface area contributed by atoms with Crippen LogP contribution >= 0.6 is 11.3 Å². The fourth-order valence-corrected chi connectivity index (χ4v) is 6.65. The van der Waals surface area contributed by atoms with Crippen LogP contribution in [0.25, 0.3) is 10.2 Å². The first-order chi connectivity index (χ1) is 14.3. The molecule has 1 saturated heterocycles. The lowest BCUT2D eigenvalue weighted by molar-refractivity contribution is 0.0998. The van der Waals surface area contributed by atoms with Crippen LogP contribution in [0.2, 0.25) is 0 Å². The Morgan fingerprint density at radius 3 is 2.57 bits per heavy atom. The summed E-state index contributed by atoms with van der Waals surface area (Å²) < 4.78 is 30.4. The summed E-state index contributed by atoms with van der Waals surface area (Å²) in [6.45, 7) is 4.52. The number of aryl methyl sites for hydroxylation is 2. The maximum absolute atomic E-state index is 13.0. The Bertz CT molecular complexity index is 1270. The van der Waals surface area contributed by atoms with E-state index in [0.717, 1.165) is 35.0 Å². The summed E-state index contributed by atoms with van der Waals surface area (Å²) in [4.78, 5) is 17.8. The van der Waals surface area contributed by atoms with Crippen LogP contribution < -0.4 is 4.80 Å². The number of nitrogens with zero attached hydrogens (tertiary/aromatic N) is 3. The highest BCUT2D eigenvalue weighted by atomic mass is 32.2. The van der Waals surface area contributed by atoms with E-state index >= 15 is 0 Å². The second kappa shape index (κ2) is 8.09. The summed E-state index contributed by atoms with van der Waals surface area (Å²) >= 11 is 1.46. The van der Waals surface area contributed by atoms with Gasteiger partial charge in [0, 0.05) is 25.2 Å². The van der Waals surface area contributed by atoms with E-state index in [1.807, 2.05) is 37.6 Å². The highest BCUT2D eigenvalue weighted by Crippen LogP contribution is 2.25. The molecule has 1 fully saturated rings. The summed E-state index contributed by atoms with van der Waals surface area (Å²) in [6.07, 6.45) is 2.81. The van der Waals surface area contributed by atoms with Gasteiger partial charge < -0.3 is 4.57 Å². The molecule has 0 N–H and O–H groups in total. The van der Waals surface area contributed by atoms with Gasteiger partial charge in [-0.05, 0) is 68.7 Å². The number of fused-ring (bicyclic) bond motifs is 1. The average Bonchev–Trinajstić information content (AvgIpc) is 3.02. The second-order valence-corrected chi connectivity index (χ2v) is 10.7. The van der Waals surface area contributed by atoms with Crippen LogP contribution in [-0.2, 0) is 17.1 Å². The van der Waals surface area contributed by atoms with E-state index < -0.39 is 10.0 Å². The van der Waals surface area contributed by atoms with Crippen molar-refractivity contribution in [3.8, 4) is 0 Å². The van der Waals surface area contributed by atoms with Crippen molar-refractivity contribution in [3.05, 3.63) is 58.4 Å². The van der Waals surface area contributed by atoms with Crippen molar-refractivity contribution in [3.63, 3.8) is 0 Å². The number of benzene rings is 2. The number of hydrogen-bond donors (Lipinski definition) is 0. The van der Waals surface area contributed by atoms with Crippen LogP contribution in [0.1, 0.15) is 42.1 Å². The zero-order valence-corrected chi connectivity index (χ0v) is 19.0. The molecule has 2 aromatic carbocycles. The minimum atomic E-state index is -3.55. The molecule has 2 heterocycles. The molecule has 6 nitrogen and oxygen atoms in total. The third kappa shape index (κ3) is 3.87. The van der Waals surface area contributed by atoms with Crippen LogP contribution in [0, 0.1) is 6.92 Å². The van der Waals surface area contributed by atoms with Gasteiger partial charge >= 0.3 is 0 Å². The number of thiazole rings is 1. The third-order valence-corrected chi connectivity index (χ3v) is 8.73. The van der Waals surface area contributed by atoms with Gasteiger partial charge in [-0.25, -0.2) is 8.42 Å². The SMILES string of the molecule is Cc1ccc2c(c1)sc(=NC(=O)c1ccc(S(=O)(=O)N3CCCC[C@@H]3C)cc1)n2C. The van der Waals surface area contributed by atoms with Gasteiger partial charge in [-0.2, -0.15) is 9.30 Å². The Hall–Kier alpha value is -2.29. The molecular weight excluding hydrogens is 418 g/mol. The van der Waals surface area contributed by atoms with Gasteiger partial charge in [-0.1, -0.05) is 23.8 Å². The molecule has 3 aromatic rings. The fraction of sp³-hybridized carbons (Fsp3) is 0.364. The standard InChI is InChI=1S/C22H25N3O3S2/c1-15-7-12-19-20(14-15)29-22(24(19)3)23-21(26)17-8-10-18(11-9-17)30(27,28)25-13-5-4-6-16(25)2/h7-12,14,16H,4-6,13H2,1-3H3/t16-/m0/s1. The summed E-state index contributed by atoms with van der Waals surface area (Å²) in [5, 5.41) is 0. The predicted molar refractivity (Wildman–Crippen MR) is 119 cm³/mol. The topological polar surface area (TPSA) is 71.7 Å². The van der Waals surface area contributed by atoms with E-state index in [1.54, 1.807) is 16.4 Å². The van der Waals surface area contributed by atoms with Crippen molar-refractivity contribution < 1.29 is 13.2 Å². The Morgan fingerprint density at radius 2 is 1.87 bits per heavy atom. The van der Waals surface area contributed by atoms with E-state index in [1.165, 1.54) is 23.5 Å². The molecule has 4 rings (SSSR count). The number of piperidine rings is 1. The van der Waals surface area contributed by atoms with Crippen molar-refractivity contribution in [2.45, 2.75) is 44.0 Å². The summed E-state index contributed by atoms with van der Waals surface area (Å²) in [5.74, 6) is -0.385. The summed E-state index contributed by atoms with van der Waals surface area (Å²) in [6, 6.07) is 12.2. The number of carbonyl (C=O) groups excluding carboxylic acids is 1. The van der Waals surface area contributed by atoms with Gasteiger partial charge in [0.25, 0.3) is 5.91 Å². The lowest BCUT2D eigenvalue weighted by Crippen LogP contribution is -2.41.